The molecule has 9 heteroatoms. The summed E-state index contributed by atoms with van der Waals surface area (Å²) in [5.41, 5.74) is 0.670. The fourth-order valence-corrected chi connectivity index (χ4v) is 4.05. The van der Waals surface area contributed by atoms with Gasteiger partial charge in [-0.2, -0.15) is 4.99 Å². The molecule has 0 saturated heterocycles. The summed E-state index contributed by atoms with van der Waals surface area (Å²) in [5, 5.41) is 0. The second-order valence-electron chi connectivity index (χ2n) is 6.17. The van der Waals surface area contributed by atoms with Crippen LogP contribution in [0.3, 0.4) is 0 Å². The van der Waals surface area contributed by atoms with Crippen molar-refractivity contribution in [3.63, 3.8) is 0 Å². The maximum absolute atomic E-state index is 12.8. The molecule has 150 valence electrons. The molecular weight excluding hydrogens is 396 g/mol. The minimum atomic E-state index is -0.872. The molecule has 0 aliphatic carbocycles. The van der Waals surface area contributed by atoms with Crippen LogP contribution >= 0.6 is 11.3 Å². The summed E-state index contributed by atoms with van der Waals surface area (Å²) in [4.78, 5) is 29.3. The van der Waals surface area contributed by atoms with Gasteiger partial charge in [0.2, 0.25) is 6.10 Å². The van der Waals surface area contributed by atoms with Gasteiger partial charge >= 0.3 is 5.97 Å². The van der Waals surface area contributed by atoms with Gasteiger partial charge in [-0.05, 0) is 24.3 Å². The highest BCUT2D eigenvalue weighted by Gasteiger charge is 2.27. The van der Waals surface area contributed by atoms with Crippen molar-refractivity contribution < 1.29 is 28.5 Å². The van der Waals surface area contributed by atoms with Crippen molar-refractivity contribution in [3.8, 4) is 17.2 Å². The summed E-state index contributed by atoms with van der Waals surface area (Å²) in [6.45, 7) is -0.0432. The van der Waals surface area contributed by atoms with Crippen LogP contribution in [0.1, 0.15) is 0 Å². The Balaban J connectivity index is 1.74. The molecule has 1 aliphatic rings. The van der Waals surface area contributed by atoms with Crippen LogP contribution in [0.2, 0.25) is 0 Å². The van der Waals surface area contributed by atoms with E-state index in [2.05, 4.69) is 4.99 Å². The van der Waals surface area contributed by atoms with E-state index in [1.165, 1.54) is 18.4 Å². The fourth-order valence-electron chi connectivity index (χ4n) is 3.00. The summed E-state index contributed by atoms with van der Waals surface area (Å²) >= 11 is 1.28. The number of nitrogens with zero attached hydrogens (tertiary/aromatic N) is 2. The largest absolute Gasteiger partial charge is 0.495 e. The number of carbonyl (C=O) groups is 2. The Labute approximate surface area is 169 Å². The lowest BCUT2D eigenvalue weighted by Gasteiger charge is -2.23. The van der Waals surface area contributed by atoms with Gasteiger partial charge in [0.25, 0.3) is 5.91 Å². The molecule has 4 rings (SSSR count). The van der Waals surface area contributed by atoms with Gasteiger partial charge in [0.15, 0.2) is 16.3 Å². The SMILES string of the molecule is COC(=O)Cn1c(=NC(=O)[C@@H]2COc3ccccc3O2)sc2cccc(OC)c21. The molecule has 0 unspecified atom stereocenters. The highest BCUT2D eigenvalue weighted by atomic mass is 32.1. The first-order chi connectivity index (χ1) is 14.1. The van der Waals surface area contributed by atoms with Gasteiger partial charge < -0.3 is 23.5 Å². The van der Waals surface area contributed by atoms with Crippen molar-refractivity contribution in [2.45, 2.75) is 12.6 Å². The van der Waals surface area contributed by atoms with Gasteiger partial charge in [-0.25, -0.2) is 0 Å². The van der Waals surface area contributed by atoms with Crippen LogP contribution in [0.25, 0.3) is 10.2 Å². The Morgan fingerprint density at radius 1 is 1.17 bits per heavy atom. The van der Waals surface area contributed by atoms with Crippen LogP contribution in [0, 0.1) is 0 Å². The number of amides is 1. The van der Waals surface area contributed by atoms with E-state index in [-0.39, 0.29) is 13.2 Å². The number of benzene rings is 2. The monoisotopic (exact) mass is 414 g/mol. The molecule has 0 N–H and O–H groups in total. The van der Waals surface area contributed by atoms with Gasteiger partial charge in [-0.3, -0.25) is 9.59 Å². The number of hydrogen-bond acceptors (Lipinski definition) is 7. The smallest absolute Gasteiger partial charge is 0.325 e. The number of methoxy groups -OCH3 is 2. The standard InChI is InChI=1S/C20H18N2O6S/c1-25-14-8-5-9-16-18(14)22(10-17(23)26-2)20(29-16)21-19(24)15-11-27-12-6-3-4-7-13(12)28-15/h3-9,15H,10-11H2,1-2H3/t15-/m0/s1. The molecule has 0 spiro atoms. The van der Waals surface area contributed by atoms with Crippen LogP contribution < -0.4 is 19.0 Å². The van der Waals surface area contributed by atoms with E-state index in [1.807, 2.05) is 18.2 Å². The Kier molecular flexibility index (Phi) is 5.22. The number of esters is 1. The van der Waals surface area contributed by atoms with E-state index in [0.29, 0.717) is 27.6 Å². The average Bonchev–Trinajstić information content (AvgIpc) is 3.10. The molecule has 1 aliphatic heterocycles. The number of aromatic nitrogens is 1. The predicted molar refractivity (Wildman–Crippen MR) is 105 cm³/mol. The van der Waals surface area contributed by atoms with E-state index < -0.39 is 18.0 Å². The van der Waals surface area contributed by atoms with E-state index >= 15 is 0 Å². The summed E-state index contributed by atoms with van der Waals surface area (Å²) < 4.78 is 24.0. The molecule has 8 nitrogen and oxygen atoms in total. The molecule has 1 amide bonds. The van der Waals surface area contributed by atoms with Crippen LogP contribution in [0.4, 0.5) is 0 Å². The Hall–Kier alpha value is -3.33. The minimum absolute atomic E-state index is 0.0601. The minimum Gasteiger partial charge on any atom is -0.495 e. The zero-order valence-electron chi connectivity index (χ0n) is 15.8. The Morgan fingerprint density at radius 2 is 1.97 bits per heavy atom. The average molecular weight is 414 g/mol. The number of rotatable bonds is 4. The van der Waals surface area contributed by atoms with Crippen LogP contribution in [0.5, 0.6) is 17.2 Å². The molecule has 0 bridgehead atoms. The Bertz CT molecular complexity index is 1150. The molecule has 3 aromatic rings. The summed E-state index contributed by atoms with van der Waals surface area (Å²) in [7, 11) is 2.85. The quantitative estimate of drug-likeness (QED) is 0.608. The van der Waals surface area contributed by atoms with Crippen LogP contribution in [-0.2, 0) is 20.9 Å². The second-order valence-corrected chi connectivity index (χ2v) is 7.18. The van der Waals surface area contributed by atoms with Gasteiger partial charge in [0.05, 0.1) is 18.9 Å². The number of carbonyl (C=O) groups excluding carboxylic acids is 2. The lowest BCUT2D eigenvalue weighted by Crippen LogP contribution is -2.37. The molecule has 1 atom stereocenters. The summed E-state index contributed by atoms with van der Waals surface area (Å²) in [6, 6.07) is 12.6. The number of ether oxygens (including phenoxy) is 4. The normalized spacial score (nSPS) is 15.9. The van der Waals surface area contributed by atoms with E-state index in [9.17, 15) is 9.59 Å². The van der Waals surface area contributed by atoms with Crippen molar-refractivity contribution >= 4 is 33.4 Å². The number of thiazole rings is 1. The second kappa shape index (κ2) is 7.96. The maximum atomic E-state index is 12.8. The summed E-state index contributed by atoms with van der Waals surface area (Å²) in [5.74, 6) is 0.693. The van der Waals surface area contributed by atoms with Crippen LogP contribution in [0.15, 0.2) is 47.5 Å². The van der Waals surface area contributed by atoms with Crippen molar-refractivity contribution in [3.05, 3.63) is 47.3 Å². The first-order valence-electron chi connectivity index (χ1n) is 8.81. The molecule has 29 heavy (non-hydrogen) atoms. The van der Waals surface area contributed by atoms with Gasteiger partial charge in [-0.1, -0.05) is 29.5 Å². The molecule has 0 saturated carbocycles. The third kappa shape index (κ3) is 3.68. The first kappa shape index (κ1) is 19.0. The third-order valence-electron chi connectivity index (χ3n) is 4.39. The van der Waals surface area contributed by atoms with Gasteiger partial charge in [0, 0.05) is 0 Å². The highest BCUT2D eigenvalue weighted by molar-refractivity contribution is 7.16. The molecular formula is C20H18N2O6S. The van der Waals surface area contributed by atoms with Crippen molar-refractivity contribution in [1.82, 2.24) is 4.57 Å². The summed E-state index contributed by atoms with van der Waals surface area (Å²) in [6.07, 6.45) is -0.872. The van der Waals surface area contributed by atoms with Crippen molar-refractivity contribution in [2.24, 2.45) is 4.99 Å². The molecule has 0 radical (unpaired) electrons. The Morgan fingerprint density at radius 3 is 2.72 bits per heavy atom. The number of fused-ring (bicyclic) bond motifs is 2. The lowest BCUT2D eigenvalue weighted by atomic mass is 10.2. The van der Waals surface area contributed by atoms with E-state index in [1.54, 1.807) is 35.9 Å². The third-order valence-corrected chi connectivity index (χ3v) is 5.43. The zero-order valence-corrected chi connectivity index (χ0v) is 16.6. The molecule has 2 heterocycles. The van der Waals surface area contributed by atoms with Gasteiger partial charge in [-0.15, -0.1) is 0 Å². The zero-order chi connectivity index (χ0) is 20.4. The highest BCUT2D eigenvalue weighted by Crippen LogP contribution is 2.31. The van der Waals surface area contributed by atoms with E-state index in [4.69, 9.17) is 18.9 Å². The van der Waals surface area contributed by atoms with Crippen molar-refractivity contribution in [2.75, 3.05) is 20.8 Å². The van der Waals surface area contributed by atoms with Crippen molar-refractivity contribution in [1.29, 1.82) is 0 Å². The van der Waals surface area contributed by atoms with E-state index in [0.717, 1.165) is 4.70 Å². The predicted octanol–water partition coefficient (Wildman–Crippen LogP) is 2.15. The number of hydrogen-bond donors (Lipinski definition) is 0. The number of para-hydroxylation sites is 3. The lowest BCUT2D eigenvalue weighted by molar-refractivity contribution is -0.141. The molecule has 1 aromatic heterocycles. The molecule has 0 fully saturated rings. The maximum Gasteiger partial charge on any atom is 0.325 e. The first-order valence-corrected chi connectivity index (χ1v) is 9.62. The van der Waals surface area contributed by atoms with Crippen LogP contribution in [-0.4, -0.2) is 43.4 Å². The topological polar surface area (TPSA) is 88.4 Å². The fraction of sp³-hybridized carbons (Fsp3) is 0.250. The molecule has 2 aromatic carbocycles. The van der Waals surface area contributed by atoms with Gasteiger partial charge in [0.1, 0.15) is 24.4 Å².